The summed E-state index contributed by atoms with van der Waals surface area (Å²) >= 11 is 0. The van der Waals surface area contributed by atoms with E-state index in [1.807, 2.05) is 0 Å². The SMILES string of the molecule is COc1cc(CCNC(=O)NCC2CCCC(O)C2)ccc1F. The Hall–Kier alpha value is -1.82. The van der Waals surface area contributed by atoms with Crippen LogP contribution in [-0.2, 0) is 6.42 Å². The van der Waals surface area contributed by atoms with Crippen LogP contribution in [0.2, 0.25) is 0 Å². The highest BCUT2D eigenvalue weighted by Crippen LogP contribution is 2.23. The molecule has 0 saturated heterocycles. The van der Waals surface area contributed by atoms with Gasteiger partial charge in [0.2, 0.25) is 0 Å². The van der Waals surface area contributed by atoms with E-state index < -0.39 is 5.82 Å². The van der Waals surface area contributed by atoms with Crippen molar-refractivity contribution in [3.63, 3.8) is 0 Å². The van der Waals surface area contributed by atoms with Crippen molar-refractivity contribution in [1.29, 1.82) is 0 Å². The number of methoxy groups -OCH3 is 1. The van der Waals surface area contributed by atoms with Gasteiger partial charge in [0.1, 0.15) is 0 Å². The molecule has 2 amide bonds. The van der Waals surface area contributed by atoms with Crippen LogP contribution in [0.5, 0.6) is 5.75 Å². The number of rotatable bonds is 6. The summed E-state index contributed by atoms with van der Waals surface area (Å²) in [5.74, 6) is 0.172. The molecule has 2 unspecified atom stereocenters. The Morgan fingerprint density at radius 1 is 1.39 bits per heavy atom. The summed E-state index contributed by atoms with van der Waals surface area (Å²) in [6.45, 7) is 1.06. The highest BCUT2D eigenvalue weighted by Gasteiger charge is 2.20. The van der Waals surface area contributed by atoms with E-state index in [1.165, 1.54) is 13.2 Å². The summed E-state index contributed by atoms with van der Waals surface area (Å²) < 4.78 is 18.2. The molecule has 1 fully saturated rings. The number of nitrogens with one attached hydrogen (secondary N) is 2. The molecule has 0 spiro atoms. The number of amides is 2. The van der Waals surface area contributed by atoms with E-state index in [0.717, 1.165) is 31.2 Å². The number of ether oxygens (including phenoxy) is 1. The molecule has 0 aromatic heterocycles. The summed E-state index contributed by atoms with van der Waals surface area (Å²) in [5, 5.41) is 15.2. The summed E-state index contributed by atoms with van der Waals surface area (Å²) in [6.07, 6.45) is 4.06. The van der Waals surface area contributed by atoms with E-state index in [1.54, 1.807) is 12.1 Å². The second-order valence-electron chi connectivity index (χ2n) is 6.04. The van der Waals surface area contributed by atoms with Gasteiger partial charge >= 0.3 is 6.03 Å². The van der Waals surface area contributed by atoms with Crippen LogP contribution in [-0.4, -0.2) is 37.4 Å². The van der Waals surface area contributed by atoms with Crippen molar-refractivity contribution in [2.24, 2.45) is 5.92 Å². The Balaban J connectivity index is 1.66. The molecule has 6 heteroatoms. The van der Waals surface area contributed by atoms with Gasteiger partial charge in [0.15, 0.2) is 11.6 Å². The molecule has 128 valence electrons. The molecule has 5 nitrogen and oxygen atoms in total. The first kappa shape index (κ1) is 17.5. The molecular weight excluding hydrogens is 299 g/mol. The number of benzene rings is 1. The molecule has 3 N–H and O–H groups in total. The van der Waals surface area contributed by atoms with E-state index >= 15 is 0 Å². The minimum atomic E-state index is -0.392. The average molecular weight is 324 g/mol. The number of hydrogen-bond donors (Lipinski definition) is 3. The van der Waals surface area contributed by atoms with Crippen LogP contribution >= 0.6 is 0 Å². The minimum absolute atomic E-state index is 0.209. The van der Waals surface area contributed by atoms with Crippen LogP contribution in [0.3, 0.4) is 0 Å². The van der Waals surface area contributed by atoms with E-state index in [2.05, 4.69) is 10.6 Å². The fraction of sp³-hybridized carbons (Fsp3) is 0.588. The summed E-state index contributed by atoms with van der Waals surface area (Å²) in [5.41, 5.74) is 0.902. The fourth-order valence-electron chi connectivity index (χ4n) is 2.93. The van der Waals surface area contributed by atoms with Gasteiger partial charge in [0.25, 0.3) is 0 Å². The molecule has 23 heavy (non-hydrogen) atoms. The third-order valence-corrected chi connectivity index (χ3v) is 4.22. The van der Waals surface area contributed by atoms with Crippen molar-refractivity contribution in [2.75, 3.05) is 20.2 Å². The van der Waals surface area contributed by atoms with E-state index in [4.69, 9.17) is 4.74 Å². The molecule has 1 saturated carbocycles. The van der Waals surface area contributed by atoms with Gasteiger partial charge < -0.3 is 20.5 Å². The second-order valence-corrected chi connectivity index (χ2v) is 6.04. The van der Waals surface area contributed by atoms with Gasteiger partial charge in [-0.2, -0.15) is 0 Å². The van der Waals surface area contributed by atoms with Gasteiger partial charge in [-0.05, 0) is 49.3 Å². The summed E-state index contributed by atoms with van der Waals surface area (Å²) in [4.78, 5) is 11.8. The number of carbonyl (C=O) groups is 1. The largest absolute Gasteiger partial charge is 0.494 e. The smallest absolute Gasteiger partial charge is 0.314 e. The van der Waals surface area contributed by atoms with Crippen molar-refractivity contribution >= 4 is 6.03 Å². The lowest BCUT2D eigenvalue weighted by Crippen LogP contribution is -2.40. The molecule has 1 aromatic carbocycles. The highest BCUT2D eigenvalue weighted by molar-refractivity contribution is 5.73. The number of aliphatic hydroxyl groups is 1. The molecule has 0 heterocycles. The maximum absolute atomic E-state index is 13.3. The first-order chi connectivity index (χ1) is 11.1. The normalized spacial score (nSPS) is 20.8. The van der Waals surface area contributed by atoms with Crippen LogP contribution in [0.4, 0.5) is 9.18 Å². The lowest BCUT2D eigenvalue weighted by atomic mass is 9.87. The quantitative estimate of drug-likeness (QED) is 0.751. The molecule has 1 aliphatic rings. The number of halogens is 1. The topological polar surface area (TPSA) is 70.6 Å². The van der Waals surface area contributed by atoms with Crippen molar-refractivity contribution in [3.8, 4) is 5.75 Å². The van der Waals surface area contributed by atoms with Crippen LogP contribution in [0, 0.1) is 11.7 Å². The Morgan fingerprint density at radius 3 is 2.96 bits per heavy atom. The lowest BCUT2D eigenvalue weighted by Gasteiger charge is -2.25. The zero-order chi connectivity index (χ0) is 16.7. The Bertz CT molecular complexity index is 525. The third kappa shape index (κ3) is 5.71. The standard InChI is InChI=1S/C17H25FN2O3/c1-23-16-10-12(5-6-15(16)18)7-8-19-17(22)20-11-13-3-2-4-14(21)9-13/h5-6,10,13-14,21H,2-4,7-9,11H2,1H3,(H2,19,20,22). The molecule has 0 aliphatic heterocycles. The number of carbonyl (C=O) groups excluding carboxylic acids is 1. The first-order valence-corrected chi connectivity index (χ1v) is 8.10. The van der Waals surface area contributed by atoms with Gasteiger partial charge in [-0.25, -0.2) is 9.18 Å². The molecular formula is C17H25FN2O3. The first-order valence-electron chi connectivity index (χ1n) is 8.10. The van der Waals surface area contributed by atoms with Crippen LogP contribution in [0.15, 0.2) is 18.2 Å². The van der Waals surface area contributed by atoms with Crippen molar-refractivity contribution in [1.82, 2.24) is 10.6 Å². The van der Waals surface area contributed by atoms with Gasteiger partial charge in [0, 0.05) is 13.1 Å². The van der Waals surface area contributed by atoms with Gasteiger partial charge in [-0.1, -0.05) is 12.5 Å². The molecule has 2 rings (SSSR count). The molecule has 1 aliphatic carbocycles. The third-order valence-electron chi connectivity index (χ3n) is 4.22. The lowest BCUT2D eigenvalue weighted by molar-refractivity contribution is 0.101. The maximum Gasteiger partial charge on any atom is 0.314 e. The zero-order valence-electron chi connectivity index (χ0n) is 13.5. The van der Waals surface area contributed by atoms with Gasteiger partial charge in [-0.3, -0.25) is 0 Å². The monoisotopic (exact) mass is 324 g/mol. The molecule has 0 radical (unpaired) electrons. The van der Waals surface area contributed by atoms with E-state index in [-0.39, 0.29) is 17.9 Å². The average Bonchev–Trinajstić information content (AvgIpc) is 2.54. The van der Waals surface area contributed by atoms with Crippen LogP contribution in [0.1, 0.15) is 31.2 Å². The maximum atomic E-state index is 13.3. The Labute approximate surface area is 136 Å². The number of urea groups is 1. The minimum Gasteiger partial charge on any atom is -0.494 e. The zero-order valence-corrected chi connectivity index (χ0v) is 13.5. The molecule has 1 aromatic rings. The predicted molar refractivity (Wildman–Crippen MR) is 86.0 cm³/mol. The van der Waals surface area contributed by atoms with Crippen LogP contribution < -0.4 is 15.4 Å². The number of hydrogen-bond acceptors (Lipinski definition) is 3. The van der Waals surface area contributed by atoms with Crippen molar-refractivity contribution < 1.29 is 19.0 Å². The Kier molecular flexibility index (Phi) is 6.65. The molecule has 0 bridgehead atoms. The van der Waals surface area contributed by atoms with E-state index in [0.29, 0.717) is 25.4 Å². The summed E-state index contributed by atoms with van der Waals surface area (Å²) in [6, 6.07) is 4.47. The fourth-order valence-corrected chi connectivity index (χ4v) is 2.93. The highest BCUT2D eigenvalue weighted by atomic mass is 19.1. The predicted octanol–water partition coefficient (Wildman–Crippen LogP) is 2.23. The van der Waals surface area contributed by atoms with Crippen molar-refractivity contribution in [3.05, 3.63) is 29.6 Å². The van der Waals surface area contributed by atoms with E-state index in [9.17, 15) is 14.3 Å². The van der Waals surface area contributed by atoms with Crippen molar-refractivity contribution in [2.45, 2.75) is 38.2 Å². The van der Waals surface area contributed by atoms with Gasteiger partial charge in [-0.15, -0.1) is 0 Å². The summed E-state index contributed by atoms with van der Waals surface area (Å²) in [7, 11) is 1.43. The molecule has 2 atom stereocenters. The van der Waals surface area contributed by atoms with Gasteiger partial charge in [0.05, 0.1) is 13.2 Å². The number of aliphatic hydroxyl groups excluding tert-OH is 1. The van der Waals surface area contributed by atoms with Crippen LogP contribution in [0.25, 0.3) is 0 Å². The second kappa shape index (κ2) is 8.72. The Morgan fingerprint density at radius 2 is 2.22 bits per heavy atom.